The summed E-state index contributed by atoms with van der Waals surface area (Å²) in [6.45, 7) is 1.04. The number of nitro groups is 1. The minimum atomic E-state index is -0.807. The smallest absolute Gasteiger partial charge is 0.295 e. The molecule has 2 amide bonds. The van der Waals surface area contributed by atoms with Crippen LogP contribution in [-0.2, 0) is 4.79 Å². The third-order valence-electron chi connectivity index (χ3n) is 5.19. The highest BCUT2D eigenvalue weighted by Gasteiger charge is 2.31. The molecule has 0 bridgehead atoms. The van der Waals surface area contributed by atoms with Crippen LogP contribution < -0.4 is 0 Å². The topological polar surface area (TPSA) is 117 Å². The Hall–Kier alpha value is -4.01. The summed E-state index contributed by atoms with van der Waals surface area (Å²) in [5, 5.41) is 11.4. The summed E-state index contributed by atoms with van der Waals surface area (Å²) >= 11 is 0. The molecule has 1 fully saturated rings. The van der Waals surface area contributed by atoms with Gasteiger partial charge in [-0.1, -0.05) is 24.3 Å². The Bertz CT molecular complexity index is 1150. The van der Waals surface area contributed by atoms with Crippen LogP contribution in [0, 0.1) is 10.1 Å². The van der Waals surface area contributed by atoms with Gasteiger partial charge in [0.05, 0.1) is 21.4 Å². The fourth-order valence-electron chi connectivity index (χ4n) is 3.63. The van der Waals surface area contributed by atoms with Crippen LogP contribution >= 0.6 is 0 Å². The van der Waals surface area contributed by atoms with E-state index in [1.54, 1.807) is 35.2 Å². The number of carbonyl (C=O) groups is 3. The van der Waals surface area contributed by atoms with E-state index in [-0.39, 0.29) is 35.6 Å². The molecule has 0 unspecified atom stereocenters. The van der Waals surface area contributed by atoms with E-state index >= 15 is 0 Å². The van der Waals surface area contributed by atoms with Crippen molar-refractivity contribution < 1.29 is 19.3 Å². The number of piperazine rings is 1. The molecule has 9 heteroatoms. The summed E-state index contributed by atoms with van der Waals surface area (Å²) in [4.78, 5) is 54.7. The molecule has 1 aromatic heterocycles. The van der Waals surface area contributed by atoms with E-state index in [0.29, 0.717) is 24.2 Å². The number of nitro benzene ring substituents is 1. The molecule has 0 radical (unpaired) electrons. The third-order valence-corrected chi connectivity index (χ3v) is 5.19. The number of rotatable bonds is 4. The zero-order valence-electron chi connectivity index (χ0n) is 15.9. The molecule has 1 aliphatic rings. The number of nitrogens with one attached hydrogen (secondary N) is 1. The van der Waals surface area contributed by atoms with Crippen LogP contribution in [-0.4, -0.2) is 63.5 Å². The molecule has 1 saturated heterocycles. The molecule has 0 spiro atoms. The van der Waals surface area contributed by atoms with Crippen LogP contribution in [0.2, 0.25) is 0 Å². The van der Waals surface area contributed by atoms with Gasteiger partial charge in [0.2, 0.25) is 0 Å². The molecule has 0 saturated carbocycles. The van der Waals surface area contributed by atoms with Crippen LogP contribution in [0.5, 0.6) is 0 Å². The highest BCUT2D eigenvalue weighted by atomic mass is 16.6. The Morgan fingerprint density at radius 1 is 0.900 bits per heavy atom. The molecule has 2 heterocycles. The number of nitrogens with zero attached hydrogens (tertiary/aromatic N) is 3. The lowest BCUT2D eigenvalue weighted by Gasteiger charge is -2.34. The Morgan fingerprint density at radius 2 is 1.57 bits per heavy atom. The highest BCUT2D eigenvalue weighted by molar-refractivity contribution is 6.45. The van der Waals surface area contributed by atoms with Crippen molar-refractivity contribution in [3.05, 3.63) is 76.0 Å². The predicted octanol–water partition coefficient (Wildman–Crippen LogP) is 2.24. The summed E-state index contributed by atoms with van der Waals surface area (Å²) in [5.41, 5.74) is 0.728. The van der Waals surface area contributed by atoms with Crippen LogP contribution in [0.1, 0.15) is 20.7 Å². The Labute approximate surface area is 171 Å². The molecular weight excluding hydrogens is 388 g/mol. The number of aromatic nitrogens is 1. The minimum absolute atomic E-state index is 0.0231. The van der Waals surface area contributed by atoms with Gasteiger partial charge in [-0.3, -0.25) is 24.5 Å². The van der Waals surface area contributed by atoms with Crippen LogP contribution in [0.25, 0.3) is 10.9 Å². The summed E-state index contributed by atoms with van der Waals surface area (Å²) in [6, 6.07) is 13.3. The van der Waals surface area contributed by atoms with Crippen molar-refractivity contribution in [2.45, 2.75) is 0 Å². The maximum absolute atomic E-state index is 12.8. The first-order valence-corrected chi connectivity index (χ1v) is 9.40. The maximum Gasteiger partial charge on any atom is 0.295 e. The van der Waals surface area contributed by atoms with Crippen molar-refractivity contribution in [2.24, 2.45) is 0 Å². The molecular formula is C21H18N4O5. The highest BCUT2D eigenvalue weighted by Crippen LogP contribution is 2.29. The molecule has 1 N–H and O–H groups in total. The fraction of sp³-hybridized carbons (Fsp3) is 0.190. The zero-order valence-corrected chi connectivity index (χ0v) is 15.9. The van der Waals surface area contributed by atoms with E-state index in [1.165, 1.54) is 23.2 Å². The van der Waals surface area contributed by atoms with Crippen LogP contribution in [0.15, 0.2) is 54.7 Å². The second kappa shape index (κ2) is 7.78. The third kappa shape index (κ3) is 3.41. The van der Waals surface area contributed by atoms with Gasteiger partial charge < -0.3 is 14.8 Å². The van der Waals surface area contributed by atoms with Gasteiger partial charge in [-0.05, 0) is 18.2 Å². The van der Waals surface area contributed by atoms with Gasteiger partial charge in [-0.25, -0.2) is 0 Å². The van der Waals surface area contributed by atoms with Crippen molar-refractivity contribution in [1.82, 2.24) is 14.8 Å². The van der Waals surface area contributed by atoms with Crippen LogP contribution in [0.3, 0.4) is 0 Å². The van der Waals surface area contributed by atoms with Crippen molar-refractivity contribution in [2.75, 3.05) is 26.2 Å². The lowest BCUT2D eigenvalue weighted by atomic mass is 10.1. The molecule has 3 aromatic rings. The molecule has 2 aromatic carbocycles. The van der Waals surface area contributed by atoms with Crippen molar-refractivity contribution in [3.63, 3.8) is 0 Å². The first-order chi connectivity index (χ1) is 14.5. The van der Waals surface area contributed by atoms with E-state index in [0.717, 1.165) is 0 Å². The number of ketones is 1. The van der Waals surface area contributed by atoms with Gasteiger partial charge in [0.1, 0.15) is 0 Å². The Kier molecular flexibility index (Phi) is 5.01. The zero-order chi connectivity index (χ0) is 21.3. The standard InChI is InChI=1S/C21H18N4O5/c26-19(15-13-22-16-7-4-8-17(18(15)16)25(29)30)21(28)24-11-9-23(10-12-24)20(27)14-5-2-1-3-6-14/h1-8,13,22H,9-12H2. The molecule has 1 aliphatic heterocycles. The predicted molar refractivity (Wildman–Crippen MR) is 108 cm³/mol. The number of amides is 2. The largest absolute Gasteiger partial charge is 0.360 e. The average molecular weight is 406 g/mol. The van der Waals surface area contributed by atoms with E-state index in [9.17, 15) is 24.5 Å². The first-order valence-electron chi connectivity index (χ1n) is 9.40. The van der Waals surface area contributed by atoms with E-state index in [2.05, 4.69) is 4.98 Å². The van der Waals surface area contributed by atoms with E-state index in [1.807, 2.05) is 6.07 Å². The van der Waals surface area contributed by atoms with Crippen molar-refractivity contribution in [3.8, 4) is 0 Å². The van der Waals surface area contributed by atoms with Gasteiger partial charge >= 0.3 is 0 Å². The maximum atomic E-state index is 12.8. The number of hydrogen-bond acceptors (Lipinski definition) is 5. The molecule has 30 heavy (non-hydrogen) atoms. The van der Waals surface area contributed by atoms with Gasteiger partial charge in [0.15, 0.2) is 0 Å². The number of aromatic amines is 1. The molecule has 0 atom stereocenters. The minimum Gasteiger partial charge on any atom is -0.360 e. The second-order valence-electron chi connectivity index (χ2n) is 6.94. The van der Waals surface area contributed by atoms with Crippen LogP contribution in [0.4, 0.5) is 5.69 Å². The molecule has 0 aliphatic carbocycles. The number of hydrogen-bond donors (Lipinski definition) is 1. The van der Waals surface area contributed by atoms with Gasteiger partial charge in [0.25, 0.3) is 23.3 Å². The SMILES string of the molecule is O=C(C(=O)N1CCN(C(=O)c2ccccc2)CC1)c1c[nH]c2cccc([N+](=O)[O-])c12. The normalized spacial score (nSPS) is 14.0. The van der Waals surface area contributed by atoms with E-state index < -0.39 is 16.6 Å². The quantitative estimate of drug-likeness (QED) is 0.309. The second-order valence-corrected chi connectivity index (χ2v) is 6.94. The molecule has 152 valence electrons. The number of H-pyrrole nitrogens is 1. The average Bonchev–Trinajstić information content (AvgIpc) is 3.22. The number of fused-ring (bicyclic) bond motifs is 1. The molecule has 9 nitrogen and oxygen atoms in total. The monoisotopic (exact) mass is 406 g/mol. The van der Waals surface area contributed by atoms with Gasteiger partial charge in [-0.2, -0.15) is 0 Å². The number of carbonyl (C=O) groups excluding carboxylic acids is 3. The Balaban J connectivity index is 1.49. The summed E-state index contributed by atoms with van der Waals surface area (Å²) < 4.78 is 0. The Morgan fingerprint density at radius 3 is 2.23 bits per heavy atom. The molecule has 4 rings (SSSR count). The number of benzene rings is 2. The summed E-state index contributed by atoms with van der Waals surface area (Å²) in [5.74, 6) is -1.67. The van der Waals surface area contributed by atoms with Gasteiger partial charge in [-0.15, -0.1) is 0 Å². The first kappa shape index (κ1) is 19.3. The summed E-state index contributed by atoms with van der Waals surface area (Å²) in [6.07, 6.45) is 1.33. The van der Waals surface area contributed by atoms with Crippen molar-refractivity contribution in [1.29, 1.82) is 0 Å². The number of Topliss-reactive ketones (excluding diaryl/α,β-unsaturated/α-hetero) is 1. The van der Waals surface area contributed by atoms with Gasteiger partial charge in [0, 0.05) is 44.0 Å². The lowest BCUT2D eigenvalue weighted by Crippen LogP contribution is -2.52. The fourth-order valence-corrected chi connectivity index (χ4v) is 3.63. The van der Waals surface area contributed by atoms with E-state index in [4.69, 9.17) is 0 Å². The van der Waals surface area contributed by atoms with Crippen molar-refractivity contribution >= 4 is 34.2 Å². The lowest BCUT2D eigenvalue weighted by molar-refractivity contribution is -0.383. The number of non-ortho nitro benzene ring substituents is 1. The summed E-state index contributed by atoms with van der Waals surface area (Å²) in [7, 11) is 0.